The van der Waals surface area contributed by atoms with Gasteiger partial charge in [-0.2, -0.15) is 0 Å². The number of hydrogen-bond acceptors (Lipinski definition) is 3. The molecule has 0 aliphatic rings. The molecule has 0 fully saturated rings. The lowest BCUT2D eigenvalue weighted by Gasteiger charge is -2.03. The molecule has 1 heterocycles. The second-order valence-electron chi connectivity index (χ2n) is 2.88. The van der Waals surface area contributed by atoms with Crippen LogP contribution in [0.2, 0.25) is 0 Å². The Morgan fingerprint density at radius 3 is 2.82 bits per heavy atom. The summed E-state index contributed by atoms with van der Waals surface area (Å²) in [6.45, 7) is 6.81. The second kappa shape index (κ2) is 3.53. The third-order valence-electron chi connectivity index (χ3n) is 1.35. The first kappa shape index (κ1) is 8.27. The van der Waals surface area contributed by atoms with Crippen LogP contribution in [0, 0.1) is 6.92 Å². The van der Waals surface area contributed by atoms with Crippen LogP contribution in [0.3, 0.4) is 0 Å². The van der Waals surface area contributed by atoms with Crippen molar-refractivity contribution in [1.82, 2.24) is 10.3 Å². The molecule has 1 aromatic rings. The quantitative estimate of drug-likeness (QED) is 0.716. The van der Waals surface area contributed by atoms with Crippen LogP contribution in [0.1, 0.15) is 25.5 Å². The standard InChI is InChI=1S/C8H14N2O/c1-6(2)9-4-8-5-10-7(3)11-8/h5-6,9H,4H2,1-3H3. The normalized spacial score (nSPS) is 10.9. The van der Waals surface area contributed by atoms with E-state index in [1.807, 2.05) is 6.92 Å². The average Bonchev–Trinajstić information content (AvgIpc) is 2.31. The zero-order valence-corrected chi connectivity index (χ0v) is 7.22. The summed E-state index contributed by atoms with van der Waals surface area (Å²) in [5.74, 6) is 1.63. The minimum atomic E-state index is 0.486. The molecule has 1 N–H and O–H groups in total. The van der Waals surface area contributed by atoms with Crippen molar-refractivity contribution < 1.29 is 4.42 Å². The van der Waals surface area contributed by atoms with Crippen molar-refractivity contribution in [3.05, 3.63) is 17.8 Å². The van der Waals surface area contributed by atoms with Gasteiger partial charge in [0, 0.05) is 13.0 Å². The zero-order chi connectivity index (χ0) is 8.27. The van der Waals surface area contributed by atoms with Gasteiger partial charge in [-0.1, -0.05) is 13.8 Å². The number of oxazole rings is 1. The Morgan fingerprint density at radius 1 is 1.64 bits per heavy atom. The lowest BCUT2D eigenvalue weighted by molar-refractivity contribution is 0.442. The number of aryl methyl sites for hydroxylation is 1. The third-order valence-corrected chi connectivity index (χ3v) is 1.35. The van der Waals surface area contributed by atoms with E-state index < -0.39 is 0 Å². The molecule has 0 aromatic carbocycles. The van der Waals surface area contributed by atoms with Crippen LogP contribution in [-0.2, 0) is 6.54 Å². The fourth-order valence-electron chi connectivity index (χ4n) is 0.792. The van der Waals surface area contributed by atoms with Crippen LogP contribution in [-0.4, -0.2) is 11.0 Å². The molecule has 0 aliphatic carbocycles. The van der Waals surface area contributed by atoms with E-state index in [-0.39, 0.29) is 0 Å². The topological polar surface area (TPSA) is 38.1 Å². The molecule has 11 heavy (non-hydrogen) atoms. The lowest BCUT2D eigenvalue weighted by atomic mass is 10.4. The molecule has 0 amide bonds. The van der Waals surface area contributed by atoms with Crippen LogP contribution in [0.25, 0.3) is 0 Å². The molecule has 0 aliphatic heterocycles. The van der Waals surface area contributed by atoms with Gasteiger partial charge >= 0.3 is 0 Å². The molecule has 0 atom stereocenters. The van der Waals surface area contributed by atoms with E-state index in [0.29, 0.717) is 6.04 Å². The first-order valence-electron chi connectivity index (χ1n) is 3.83. The van der Waals surface area contributed by atoms with Crippen LogP contribution in [0.5, 0.6) is 0 Å². The predicted molar refractivity (Wildman–Crippen MR) is 43.2 cm³/mol. The van der Waals surface area contributed by atoms with Gasteiger partial charge in [0.1, 0.15) is 5.76 Å². The fourth-order valence-corrected chi connectivity index (χ4v) is 0.792. The smallest absolute Gasteiger partial charge is 0.191 e. The average molecular weight is 154 g/mol. The van der Waals surface area contributed by atoms with Gasteiger partial charge in [0.25, 0.3) is 0 Å². The predicted octanol–water partition coefficient (Wildman–Crippen LogP) is 1.48. The first-order valence-corrected chi connectivity index (χ1v) is 3.83. The number of rotatable bonds is 3. The SMILES string of the molecule is Cc1ncc(CNC(C)C)o1. The fraction of sp³-hybridized carbons (Fsp3) is 0.625. The highest BCUT2D eigenvalue weighted by Crippen LogP contribution is 2.01. The molecule has 0 bridgehead atoms. The number of aromatic nitrogens is 1. The van der Waals surface area contributed by atoms with Gasteiger partial charge in [-0.05, 0) is 0 Å². The molecule has 0 spiro atoms. The van der Waals surface area contributed by atoms with Gasteiger partial charge in [-0.15, -0.1) is 0 Å². The molecule has 3 heteroatoms. The summed E-state index contributed by atoms with van der Waals surface area (Å²) in [4.78, 5) is 3.99. The second-order valence-corrected chi connectivity index (χ2v) is 2.88. The molecule has 3 nitrogen and oxygen atoms in total. The molecular formula is C8H14N2O. The van der Waals surface area contributed by atoms with E-state index in [1.54, 1.807) is 6.20 Å². The van der Waals surface area contributed by atoms with Gasteiger partial charge in [0.05, 0.1) is 12.7 Å². The Labute approximate surface area is 66.8 Å². The van der Waals surface area contributed by atoms with Crippen LogP contribution in [0.4, 0.5) is 0 Å². The van der Waals surface area contributed by atoms with E-state index in [0.717, 1.165) is 18.2 Å². The summed E-state index contributed by atoms with van der Waals surface area (Å²) < 4.78 is 5.26. The molecule has 0 radical (unpaired) electrons. The molecule has 0 saturated carbocycles. The van der Waals surface area contributed by atoms with Gasteiger partial charge in [0.2, 0.25) is 0 Å². The molecule has 1 aromatic heterocycles. The van der Waals surface area contributed by atoms with Crippen LogP contribution < -0.4 is 5.32 Å². The summed E-state index contributed by atoms with van der Waals surface area (Å²) in [6.07, 6.45) is 1.75. The van der Waals surface area contributed by atoms with Crippen molar-refractivity contribution in [2.45, 2.75) is 33.4 Å². The van der Waals surface area contributed by atoms with Crippen LogP contribution in [0.15, 0.2) is 10.6 Å². The van der Waals surface area contributed by atoms with Gasteiger partial charge in [-0.25, -0.2) is 4.98 Å². The van der Waals surface area contributed by atoms with Gasteiger partial charge in [-0.3, -0.25) is 0 Å². The Hall–Kier alpha value is -0.830. The van der Waals surface area contributed by atoms with Crippen molar-refractivity contribution in [2.24, 2.45) is 0 Å². The van der Waals surface area contributed by atoms with Gasteiger partial charge < -0.3 is 9.73 Å². The Morgan fingerprint density at radius 2 is 2.36 bits per heavy atom. The highest BCUT2D eigenvalue weighted by atomic mass is 16.4. The van der Waals surface area contributed by atoms with Gasteiger partial charge in [0.15, 0.2) is 5.89 Å². The maximum atomic E-state index is 5.26. The molecule has 62 valence electrons. The van der Waals surface area contributed by atoms with E-state index >= 15 is 0 Å². The highest BCUT2D eigenvalue weighted by Gasteiger charge is 1.99. The van der Waals surface area contributed by atoms with Crippen molar-refractivity contribution >= 4 is 0 Å². The monoisotopic (exact) mass is 154 g/mol. The van der Waals surface area contributed by atoms with E-state index in [9.17, 15) is 0 Å². The summed E-state index contributed by atoms with van der Waals surface area (Å²) in [5, 5.41) is 3.24. The first-order chi connectivity index (χ1) is 5.18. The Kier molecular flexibility index (Phi) is 2.65. The van der Waals surface area contributed by atoms with E-state index in [2.05, 4.69) is 24.1 Å². The molecule has 1 rings (SSSR count). The maximum Gasteiger partial charge on any atom is 0.191 e. The molecule has 0 saturated heterocycles. The number of nitrogens with zero attached hydrogens (tertiary/aromatic N) is 1. The number of nitrogens with one attached hydrogen (secondary N) is 1. The van der Waals surface area contributed by atoms with E-state index in [1.165, 1.54) is 0 Å². The summed E-state index contributed by atoms with van der Waals surface area (Å²) >= 11 is 0. The summed E-state index contributed by atoms with van der Waals surface area (Å²) in [7, 11) is 0. The van der Waals surface area contributed by atoms with Crippen molar-refractivity contribution in [3.63, 3.8) is 0 Å². The lowest BCUT2D eigenvalue weighted by Crippen LogP contribution is -2.21. The van der Waals surface area contributed by atoms with Crippen molar-refractivity contribution in [2.75, 3.05) is 0 Å². The number of hydrogen-bond donors (Lipinski definition) is 1. The Bertz CT molecular complexity index is 218. The summed E-state index contributed by atoms with van der Waals surface area (Å²) in [5.41, 5.74) is 0. The molecule has 0 unspecified atom stereocenters. The summed E-state index contributed by atoms with van der Waals surface area (Å²) in [6, 6.07) is 0.486. The minimum Gasteiger partial charge on any atom is -0.445 e. The zero-order valence-electron chi connectivity index (χ0n) is 7.22. The van der Waals surface area contributed by atoms with Crippen molar-refractivity contribution in [1.29, 1.82) is 0 Å². The van der Waals surface area contributed by atoms with E-state index in [4.69, 9.17) is 4.42 Å². The van der Waals surface area contributed by atoms with Crippen LogP contribution >= 0.6 is 0 Å². The minimum absolute atomic E-state index is 0.486. The Balaban J connectivity index is 2.39. The third kappa shape index (κ3) is 2.72. The van der Waals surface area contributed by atoms with Crippen molar-refractivity contribution in [3.8, 4) is 0 Å². The largest absolute Gasteiger partial charge is 0.445 e. The highest BCUT2D eigenvalue weighted by molar-refractivity contribution is 4.92. The maximum absolute atomic E-state index is 5.26. The molecular weight excluding hydrogens is 140 g/mol.